The van der Waals surface area contributed by atoms with Gasteiger partial charge < -0.3 is 10.1 Å². The number of esters is 1. The molecule has 0 unspecified atom stereocenters. The fourth-order valence-corrected chi connectivity index (χ4v) is 6.33. The van der Waals surface area contributed by atoms with Gasteiger partial charge in [-0.15, -0.1) is 32.9 Å². The fourth-order valence-electron chi connectivity index (χ4n) is 3.59. The van der Waals surface area contributed by atoms with Gasteiger partial charge in [-0.2, -0.15) is 0 Å². The summed E-state index contributed by atoms with van der Waals surface area (Å²) >= 11 is 10.1. The van der Waals surface area contributed by atoms with Gasteiger partial charge in [0.15, 0.2) is 5.16 Å². The van der Waals surface area contributed by atoms with Gasteiger partial charge in [-0.05, 0) is 30.2 Å². The van der Waals surface area contributed by atoms with Crippen LogP contribution >= 0.6 is 46.0 Å². The molecule has 0 fully saturated rings. The predicted molar refractivity (Wildman–Crippen MR) is 146 cm³/mol. The van der Waals surface area contributed by atoms with E-state index in [0.29, 0.717) is 20.7 Å². The van der Waals surface area contributed by atoms with Crippen LogP contribution < -0.4 is 5.32 Å². The molecule has 36 heavy (non-hydrogen) atoms. The van der Waals surface area contributed by atoms with Gasteiger partial charge in [-0.1, -0.05) is 65.8 Å². The highest BCUT2D eigenvalue weighted by Gasteiger charge is 2.23. The van der Waals surface area contributed by atoms with E-state index >= 15 is 0 Å². The SMILES string of the molecule is CCOC(=O)c1c(-c2ccccc2)csc1NC(=O)CSc1nnc2scc(-c3ccc(Cl)cc3)n12. The predicted octanol–water partition coefficient (Wildman–Crippen LogP) is 6.75. The molecule has 3 aromatic heterocycles. The summed E-state index contributed by atoms with van der Waals surface area (Å²) in [5.41, 5.74) is 3.87. The summed E-state index contributed by atoms with van der Waals surface area (Å²) in [4.78, 5) is 26.4. The molecule has 2 aromatic carbocycles. The van der Waals surface area contributed by atoms with Gasteiger partial charge in [0.2, 0.25) is 10.9 Å². The van der Waals surface area contributed by atoms with E-state index in [4.69, 9.17) is 16.3 Å². The number of carbonyl (C=O) groups excluding carboxylic acids is 2. The number of thioether (sulfide) groups is 1. The maximum Gasteiger partial charge on any atom is 0.341 e. The van der Waals surface area contributed by atoms with Gasteiger partial charge in [0.05, 0.1) is 18.1 Å². The van der Waals surface area contributed by atoms with Crippen LogP contribution in [-0.2, 0) is 9.53 Å². The van der Waals surface area contributed by atoms with Crippen molar-refractivity contribution in [1.82, 2.24) is 14.6 Å². The molecule has 0 aliphatic heterocycles. The van der Waals surface area contributed by atoms with Crippen LogP contribution in [0, 0.1) is 0 Å². The number of benzene rings is 2. The standard InChI is InChI=1S/C25H19ClN4O3S3/c1-2-33-23(32)21-18(15-6-4-3-5-7-15)12-34-22(21)27-20(31)14-36-25-29-28-24-30(25)19(13-35-24)16-8-10-17(26)11-9-16/h3-13H,2,14H2,1H3,(H,27,31). The summed E-state index contributed by atoms with van der Waals surface area (Å²) in [6, 6.07) is 17.1. The lowest BCUT2D eigenvalue weighted by Crippen LogP contribution is -2.16. The summed E-state index contributed by atoms with van der Waals surface area (Å²) < 4.78 is 7.20. The minimum Gasteiger partial charge on any atom is -0.462 e. The van der Waals surface area contributed by atoms with Crippen LogP contribution in [0.4, 0.5) is 5.00 Å². The number of nitrogens with one attached hydrogen (secondary N) is 1. The number of thiazole rings is 1. The number of nitrogens with zero attached hydrogens (tertiary/aromatic N) is 3. The van der Waals surface area contributed by atoms with Gasteiger partial charge >= 0.3 is 5.97 Å². The van der Waals surface area contributed by atoms with Crippen molar-refractivity contribution in [3.63, 3.8) is 0 Å². The van der Waals surface area contributed by atoms with Crippen molar-refractivity contribution in [3.8, 4) is 22.4 Å². The van der Waals surface area contributed by atoms with E-state index < -0.39 is 5.97 Å². The summed E-state index contributed by atoms with van der Waals surface area (Å²) in [7, 11) is 0. The quantitative estimate of drug-likeness (QED) is 0.169. The normalized spacial score (nSPS) is 11.1. The van der Waals surface area contributed by atoms with E-state index in [0.717, 1.165) is 27.3 Å². The van der Waals surface area contributed by atoms with Gasteiger partial charge in [0.1, 0.15) is 10.6 Å². The van der Waals surface area contributed by atoms with Crippen molar-refractivity contribution in [3.05, 3.63) is 75.9 Å². The number of anilines is 1. The first-order valence-electron chi connectivity index (χ1n) is 10.9. The third-order valence-electron chi connectivity index (χ3n) is 5.20. The Morgan fingerprint density at radius 3 is 2.56 bits per heavy atom. The van der Waals surface area contributed by atoms with E-state index in [1.54, 1.807) is 6.92 Å². The summed E-state index contributed by atoms with van der Waals surface area (Å²) in [6.45, 7) is 2.00. The van der Waals surface area contributed by atoms with Crippen molar-refractivity contribution in [2.45, 2.75) is 12.1 Å². The number of ether oxygens (including phenoxy) is 1. The number of rotatable bonds is 8. The zero-order chi connectivity index (χ0) is 25.1. The average Bonchev–Trinajstić information content (AvgIpc) is 3.60. The Kier molecular flexibility index (Phi) is 7.38. The first-order chi connectivity index (χ1) is 17.5. The molecule has 0 saturated carbocycles. The average molecular weight is 555 g/mol. The van der Waals surface area contributed by atoms with E-state index in [-0.39, 0.29) is 18.3 Å². The Morgan fingerprint density at radius 1 is 1.03 bits per heavy atom. The number of halogens is 1. The van der Waals surface area contributed by atoms with Crippen molar-refractivity contribution in [2.24, 2.45) is 0 Å². The van der Waals surface area contributed by atoms with E-state index in [9.17, 15) is 9.59 Å². The van der Waals surface area contributed by atoms with Crippen LogP contribution in [0.15, 0.2) is 70.5 Å². The minimum atomic E-state index is -0.467. The number of aromatic nitrogens is 3. The van der Waals surface area contributed by atoms with Crippen LogP contribution in [-0.4, -0.2) is 38.8 Å². The van der Waals surface area contributed by atoms with Crippen LogP contribution in [0.2, 0.25) is 5.02 Å². The number of fused-ring (bicyclic) bond motifs is 1. The fraction of sp³-hybridized carbons (Fsp3) is 0.120. The maximum atomic E-state index is 12.9. The van der Waals surface area contributed by atoms with Gasteiger partial charge in [0.25, 0.3) is 0 Å². The van der Waals surface area contributed by atoms with Crippen LogP contribution in [0.3, 0.4) is 0 Å². The number of carbonyl (C=O) groups is 2. The Balaban J connectivity index is 1.35. The first kappa shape index (κ1) is 24.5. The highest BCUT2D eigenvalue weighted by atomic mass is 35.5. The highest BCUT2D eigenvalue weighted by molar-refractivity contribution is 7.99. The molecule has 0 spiro atoms. The molecule has 182 valence electrons. The molecule has 11 heteroatoms. The largest absolute Gasteiger partial charge is 0.462 e. The number of amides is 1. The molecule has 1 amide bonds. The zero-order valence-electron chi connectivity index (χ0n) is 18.9. The Labute approximate surface area is 224 Å². The van der Waals surface area contributed by atoms with Crippen LogP contribution in [0.5, 0.6) is 0 Å². The van der Waals surface area contributed by atoms with E-state index in [2.05, 4.69) is 15.5 Å². The van der Waals surface area contributed by atoms with Crippen LogP contribution in [0.1, 0.15) is 17.3 Å². The third kappa shape index (κ3) is 5.03. The van der Waals surface area contributed by atoms with Crippen LogP contribution in [0.25, 0.3) is 27.3 Å². The minimum absolute atomic E-state index is 0.0948. The molecule has 0 bridgehead atoms. The molecule has 7 nitrogen and oxygen atoms in total. The number of hydrogen-bond acceptors (Lipinski definition) is 8. The highest BCUT2D eigenvalue weighted by Crippen LogP contribution is 2.36. The monoisotopic (exact) mass is 554 g/mol. The van der Waals surface area contributed by atoms with Gasteiger partial charge in [0, 0.05) is 21.3 Å². The maximum absolute atomic E-state index is 12.9. The van der Waals surface area contributed by atoms with E-state index in [1.165, 1.54) is 34.4 Å². The lowest BCUT2D eigenvalue weighted by atomic mass is 10.0. The molecule has 0 radical (unpaired) electrons. The molecule has 0 aliphatic rings. The van der Waals surface area contributed by atoms with Crippen molar-refractivity contribution in [1.29, 1.82) is 0 Å². The Bertz CT molecular complexity index is 1530. The second-order valence-corrected chi connectivity index (χ2v) is 10.6. The Hall–Kier alpha value is -3.18. The Morgan fingerprint density at radius 2 is 1.81 bits per heavy atom. The molecule has 5 rings (SSSR count). The smallest absolute Gasteiger partial charge is 0.341 e. The lowest BCUT2D eigenvalue weighted by Gasteiger charge is -2.09. The first-order valence-corrected chi connectivity index (χ1v) is 14.0. The summed E-state index contributed by atoms with van der Waals surface area (Å²) in [5, 5.41) is 17.0. The molecular weight excluding hydrogens is 536 g/mol. The lowest BCUT2D eigenvalue weighted by molar-refractivity contribution is -0.113. The molecule has 0 aliphatic carbocycles. The number of thiophene rings is 1. The van der Waals surface area contributed by atoms with Crippen molar-refractivity contribution in [2.75, 3.05) is 17.7 Å². The molecule has 1 N–H and O–H groups in total. The number of hydrogen-bond donors (Lipinski definition) is 1. The zero-order valence-corrected chi connectivity index (χ0v) is 22.1. The van der Waals surface area contributed by atoms with Crippen molar-refractivity contribution >= 4 is 67.9 Å². The molecule has 5 aromatic rings. The third-order valence-corrected chi connectivity index (χ3v) is 8.09. The summed E-state index contributed by atoms with van der Waals surface area (Å²) in [6.07, 6.45) is 0. The topological polar surface area (TPSA) is 85.6 Å². The van der Waals surface area contributed by atoms with E-state index in [1.807, 2.05) is 69.8 Å². The second kappa shape index (κ2) is 10.8. The summed E-state index contributed by atoms with van der Waals surface area (Å²) in [5.74, 6) is -0.630. The molecular formula is C25H19ClN4O3S3. The van der Waals surface area contributed by atoms with Crippen molar-refractivity contribution < 1.29 is 14.3 Å². The molecule has 3 heterocycles. The molecule has 0 saturated heterocycles. The second-order valence-electron chi connectivity index (χ2n) is 7.51. The van der Waals surface area contributed by atoms with Gasteiger partial charge in [-0.25, -0.2) is 4.79 Å². The molecule has 0 atom stereocenters. The van der Waals surface area contributed by atoms with Gasteiger partial charge in [-0.3, -0.25) is 9.20 Å².